The largest absolute Gasteiger partial charge is 0.536 e. The van der Waals surface area contributed by atoms with Gasteiger partial charge in [0.15, 0.2) is 0 Å². The molecule has 13 heteroatoms. The van der Waals surface area contributed by atoms with Gasteiger partial charge in [0, 0.05) is 94.8 Å². The third-order valence-electron chi connectivity index (χ3n) is 7.87. The fourth-order valence-electron chi connectivity index (χ4n) is 5.33. The Bertz CT molecular complexity index is 1050. The van der Waals surface area contributed by atoms with Crippen molar-refractivity contribution in [1.29, 1.82) is 0 Å². The Balaban J connectivity index is 2.20. The maximum atomic E-state index is 5.71. The summed E-state index contributed by atoms with van der Waals surface area (Å²) in [5, 5.41) is 2.24. The monoisotopic (exact) mass is 634 g/mol. The minimum atomic E-state index is -2.98. The van der Waals surface area contributed by atoms with Gasteiger partial charge < -0.3 is 39.8 Å². The molecule has 9 nitrogen and oxygen atoms in total. The smallest absolute Gasteiger partial charge is 0.373 e. The van der Waals surface area contributed by atoms with Gasteiger partial charge in [0.1, 0.15) is 0 Å². The molecule has 0 atom stereocenters. The summed E-state index contributed by atoms with van der Waals surface area (Å²) < 4.78 is 51.4. The summed E-state index contributed by atoms with van der Waals surface area (Å²) in [7, 11) is 6.32. The molecule has 0 amide bonds. The van der Waals surface area contributed by atoms with E-state index < -0.39 is 31.5 Å². The Labute approximate surface area is 250 Å². The topological polar surface area (TPSA) is 83.1 Å². The molecular formula is C28H42O9Si4. The van der Waals surface area contributed by atoms with Crippen molar-refractivity contribution in [3.05, 3.63) is 89.5 Å². The molecule has 0 aliphatic heterocycles. The molecule has 41 heavy (non-hydrogen) atoms. The second-order valence-corrected chi connectivity index (χ2v) is 19.6. The van der Waals surface area contributed by atoms with Crippen molar-refractivity contribution in [3.8, 4) is 0 Å². The van der Waals surface area contributed by atoms with Gasteiger partial charge in [-0.15, -0.1) is 0 Å². The lowest BCUT2D eigenvalue weighted by Gasteiger charge is -2.34. The van der Waals surface area contributed by atoms with Crippen molar-refractivity contribution in [2.75, 3.05) is 64.0 Å². The van der Waals surface area contributed by atoms with Gasteiger partial charge in [-0.2, -0.15) is 0 Å². The van der Waals surface area contributed by atoms with Crippen LogP contribution in [0.25, 0.3) is 0 Å². The molecule has 0 aliphatic carbocycles. The molecule has 0 radical (unpaired) electrons. The standard InChI is InChI=1S/C28H42O9Si4/c1-29-39(30-2,31-3)25-16-10-22(11-17-25)28(38,23-12-18-26(19-13-23)40(32-4,33-5)34-6)24-14-20-27(21-15-24)41(35-7,36-8)37-9/h10-21H,1-9,38H3. The third kappa shape index (κ3) is 6.01. The lowest BCUT2D eigenvalue weighted by molar-refractivity contribution is 0.140. The lowest BCUT2D eigenvalue weighted by atomic mass is 9.84. The SMILES string of the molecule is CO[Si](OC)(OC)c1ccc(C([SiH3])(c2ccc([Si](OC)(OC)OC)cc2)c2ccc([Si](OC)(OC)OC)cc2)cc1. The molecule has 0 fully saturated rings. The van der Waals surface area contributed by atoms with E-state index in [0.717, 1.165) is 42.5 Å². The zero-order chi connectivity index (χ0) is 30.3. The predicted molar refractivity (Wildman–Crippen MR) is 168 cm³/mol. The van der Waals surface area contributed by atoms with Crippen LogP contribution in [0.3, 0.4) is 0 Å². The molecule has 3 aromatic rings. The Morgan fingerprint density at radius 1 is 0.366 bits per heavy atom. The van der Waals surface area contributed by atoms with E-state index in [2.05, 4.69) is 36.4 Å². The van der Waals surface area contributed by atoms with Crippen molar-refractivity contribution >= 4 is 52.2 Å². The van der Waals surface area contributed by atoms with Crippen molar-refractivity contribution in [2.24, 2.45) is 0 Å². The van der Waals surface area contributed by atoms with E-state index in [-0.39, 0.29) is 0 Å². The van der Waals surface area contributed by atoms with Crippen LogP contribution < -0.4 is 15.6 Å². The Kier molecular flexibility index (Phi) is 11.6. The Hall–Kier alpha value is -1.83. The molecule has 0 heterocycles. The van der Waals surface area contributed by atoms with Gasteiger partial charge >= 0.3 is 26.4 Å². The molecule has 0 saturated heterocycles. The number of rotatable bonds is 15. The van der Waals surface area contributed by atoms with Crippen molar-refractivity contribution in [1.82, 2.24) is 0 Å². The summed E-state index contributed by atoms with van der Waals surface area (Å²) in [5.74, 6) is 0. The first-order valence-corrected chi connectivity index (χ1v) is 19.1. The summed E-state index contributed by atoms with van der Waals surface area (Å²) in [5.41, 5.74) is 3.38. The minimum absolute atomic E-state index is 0.415. The molecular weight excluding hydrogens is 593 g/mol. The van der Waals surface area contributed by atoms with Gasteiger partial charge in [-0.25, -0.2) is 0 Å². The van der Waals surface area contributed by atoms with Gasteiger partial charge in [-0.1, -0.05) is 72.8 Å². The van der Waals surface area contributed by atoms with Gasteiger partial charge in [0.05, 0.1) is 0 Å². The summed E-state index contributed by atoms with van der Waals surface area (Å²) in [6.45, 7) is 0. The van der Waals surface area contributed by atoms with Crippen molar-refractivity contribution in [3.63, 3.8) is 0 Å². The molecule has 0 saturated carbocycles. The zero-order valence-corrected chi connectivity index (χ0v) is 30.6. The zero-order valence-electron chi connectivity index (χ0n) is 25.6. The second-order valence-electron chi connectivity index (χ2n) is 9.36. The summed E-state index contributed by atoms with van der Waals surface area (Å²) in [6, 6.07) is 24.9. The van der Waals surface area contributed by atoms with E-state index in [4.69, 9.17) is 39.8 Å². The van der Waals surface area contributed by atoms with Crippen LogP contribution in [0.1, 0.15) is 16.7 Å². The first-order valence-electron chi connectivity index (χ1n) is 13.0. The van der Waals surface area contributed by atoms with Crippen molar-refractivity contribution in [2.45, 2.75) is 5.04 Å². The van der Waals surface area contributed by atoms with E-state index in [1.807, 2.05) is 36.4 Å². The fourth-order valence-corrected chi connectivity index (χ4v) is 11.7. The van der Waals surface area contributed by atoms with Gasteiger partial charge in [-0.05, 0) is 16.7 Å². The summed E-state index contributed by atoms with van der Waals surface area (Å²) in [4.78, 5) is 0. The predicted octanol–water partition coefficient (Wildman–Crippen LogP) is 0.599. The molecule has 3 rings (SSSR count). The van der Waals surface area contributed by atoms with Gasteiger partial charge in [0.2, 0.25) is 0 Å². The van der Waals surface area contributed by atoms with Crippen LogP contribution >= 0.6 is 0 Å². The average Bonchev–Trinajstić information content (AvgIpc) is 3.05. The molecule has 0 N–H and O–H groups in total. The maximum Gasteiger partial charge on any atom is 0.536 e. The quantitative estimate of drug-likeness (QED) is 0.176. The van der Waals surface area contributed by atoms with Crippen molar-refractivity contribution < 1.29 is 39.8 Å². The highest BCUT2D eigenvalue weighted by molar-refractivity contribution is 6.76. The van der Waals surface area contributed by atoms with E-state index in [0.29, 0.717) is 0 Å². The number of hydrogen-bond acceptors (Lipinski definition) is 9. The minimum Gasteiger partial charge on any atom is -0.373 e. The first-order chi connectivity index (χ1) is 19.7. The van der Waals surface area contributed by atoms with Crippen LogP contribution in [-0.4, -0.2) is 101 Å². The normalized spacial score (nSPS) is 13.1. The van der Waals surface area contributed by atoms with Gasteiger partial charge in [0.25, 0.3) is 0 Å². The highest BCUT2D eigenvalue weighted by Gasteiger charge is 2.44. The second kappa shape index (κ2) is 14.1. The Morgan fingerprint density at radius 2 is 0.537 bits per heavy atom. The van der Waals surface area contributed by atoms with Crippen LogP contribution in [0, 0.1) is 0 Å². The molecule has 0 bridgehead atoms. The Morgan fingerprint density at radius 3 is 0.683 bits per heavy atom. The third-order valence-corrected chi connectivity index (χ3v) is 17.6. The van der Waals surface area contributed by atoms with Crippen LogP contribution in [0.5, 0.6) is 0 Å². The van der Waals surface area contributed by atoms with Crippen LogP contribution in [0.2, 0.25) is 0 Å². The molecule has 0 aromatic heterocycles. The number of benzene rings is 3. The maximum absolute atomic E-state index is 5.71. The fraction of sp³-hybridized carbons (Fsp3) is 0.357. The van der Waals surface area contributed by atoms with E-state index in [9.17, 15) is 0 Å². The van der Waals surface area contributed by atoms with E-state index in [1.165, 1.54) is 0 Å². The molecule has 0 aliphatic rings. The number of hydrogen-bond donors (Lipinski definition) is 0. The summed E-state index contributed by atoms with van der Waals surface area (Å²) >= 11 is 0. The van der Waals surface area contributed by atoms with E-state index >= 15 is 0 Å². The lowest BCUT2D eigenvalue weighted by Crippen LogP contribution is -2.55. The molecule has 0 unspecified atom stereocenters. The highest BCUT2D eigenvalue weighted by atomic mass is 28.4. The van der Waals surface area contributed by atoms with Crippen LogP contribution in [0.15, 0.2) is 72.8 Å². The molecule has 3 aromatic carbocycles. The van der Waals surface area contributed by atoms with Gasteiger partial charge in [-0.3, -0.25) is 0 Å². The van der Waals surface area contributed by atoms with Crippen LogP contribution in [-0.2, 0) is 44.9 Å². The first kappa shape index (κ1) is 33.7. The highest BCUT2D eigenvalue weighted by Crippen LogP contribution is 2.36. The molecule has 0 spiro atoms. The average molecular weight is 635 g/mol. The van der Waals surface area contributed by atoms with E-state index in [1.54, 1.807) is 64.0 Å². The summed E-state index contributed by atoms with van der Waals surface area (Å²) in [6.07, 6.45) is 0. The van der Waals surface area contributed by atoms with Crippen LogP contribution in [0.4, 0.5) is 0 Å². The molecule has 224 valence electrons.